The third-order valence-corrected chi connectivity index (χ3v) is 5.36. The van der Waals surface area contributed by atoms with Crippen molar-refractivity contribution in [2.45, 2.75) is 25.9 Å². The summed E-state index contributed by atoms with van der Waals surface area (Å²) in [5.74, 6) is -0.0327. The van der Waals surface area contributed by atoms with Crippen LogP contribution in [0.4, 0.5) is 0 Å². The van der Waals surface area contributed by atoms with Crippen molar-refractivity contribution in [1.29, 1.82) is 0 Å². The third kappa shape index (κ3) is 2.94. The van der Waals surface area contributed by atoms with Gasteiger partial charge in [0.2, 0.25) is 5.71 Å². The molecule has 0 spiro atoms. The van der Waals surface area contributed by atoms with Crippen molar-refractivity contribution in [1.82, 2.24) is 14.9 Å². The maximum atomic E-state index is 12.8. The molecule has 0 aliphatic heterocycles. The minimum atomic E-state index is -0.643. The number of aliphatic hydroxyl groups is 1. The number of furan rings is 1. The zero-order valence-corrected chi connectivity index (χ0v) is 15.2. The number of carbonyl (C=O) groups is 1. The fourth-order valence-electron chi connectivity index (χ4n) is 3.50. The second-order valence-electron chi connectivity index (χ2n) is 7.23. The van der Waals surface area contributed by atoms with Crippen molar-refractivity contribution in [3.8, 4) is 0 Å². The quantitative estimate of drug-likeness (QED) is 0.720. The van der Waals surface area contributed by atoms with E-state index in [0.29, 0.717) is 12.3 Å². The Morgan fingerprint density at radius 3 is 2.74 bits per heavy atom. The van der Waals surface area contributed by atoms with Crippen LogP contribution in [-0.2, 0) is 7.05 Å². The van der Waals surface area contributed by atoms with Crippen LogP contribution in [0.1, 0.15) is 40.6 Å². The van der Waals surface area contributed by atoms with E-state index in [2.05, 4.69) is 10.3 Å². The number of aromatic nitrogens is 2. The highest BCUT2D eigenvalue weighted by Gasteiger charge is 2.49. The van der Waals surface area contributed by atoms with Gasteiger partial charge in [0.05, 0.1) is 11.7 Å². The highest BCUT2D eigenvalue weighted by molar-refractivity contribution is 6.06. The standard InChI is InChI=1S/C20H21N3O4/c1-12-14(15-18(27-12)22-11-23(2)19(15)26)17(25)21-10-20(8-9-20)16(24)13-6-4-3-5-7-13/h3-7,11,16,24H,8-10H2,1-2H3,(H,21,25). The van der Waals surface area contributed by atoms with Gasteiger partial charge in [-0.3, -0.25) is 9.59 Å². The molecule has 2 aromatic heterocycles. The fourth-order valence-corrected chi connectivity index (χ4v) is 3.50. The van der Waals surface area contributed by atoms with Gasteiger partial charge in [-0.15, -0.1) is 0 Å². The lowest BCUT2D eigenvalue weighted by molar-refractivity contribution is 0.0808. The van der Waals surface area contributed by atoms with Gasteiger partial charge in [-0.25, -0.2) is 4.98 Å². The van der Waals surface area contributed by atoms with Crippen LogP contribution in [0.15, 0.2) is 45.9 Å². The number of nitrogens with one attached hydrogen (secondary N) is 1. The molecule has 140 valence electrons. The number of carbonyl (C=O) groups excluding carboxylic acids is 1. The zero-order chi connectivity index (χ0) is 19.2. The summed E-state index contributed by atoms with van der Waals surface area (Å²) >= 11 is 0. The van der Waals surface area contributed by atoms with Crippen molar-refractivity contribution >= 4 is 17.0 Å². The van der Waals surface area contributed by atoms with Gasteiger partial charge in [0.25, 0.3) is 11.5 Å². The molecule has 7 nitrogen and oxygen atoms in total. The van der Waals surface area contributed by atoms with Gasteiger partial charge < -0.3 is 19.4 Å². The van der Waals surface area contributed by atoms with Crippen molar-refractivity contribution in [3.05, 3.63) is 63.9 Å². The van der Waals surface area contributed by atoms with E-state index in [9.17, 15) is 14.7 Å². The zero-order valence-electron chi connectivity index (χ0n) is 15.2. The Kier molecular flexibility index (Phi) is 4.11. The summed E-state index contributed by atoms with van der Waals surface area (Å²) in [6.45, 7) is 1.97. The third-order valence-electron chi connectivity index (χ3n) is 5.36. The summed E-state index contributed by atoms with van der Waals surface area (Å²) in [5.41, 5.74) is 0.517. The molecule has 1 fully saturated rings. The molecule has 4 rings (SSSR count). The second-order valence-corrected chi connectivity index (χ2v) is 7.23. The highest BCUT2D eigenvalue weighted by atomic mass is 16.3. The molecule has 0 bridgehead atoms. The summed E-state index contributed by atoms with van der Waals surface area (Å²) in [5, 5.41) is 13.8. The summed E-state index contributed by atoms with van der Waals surface area (Å²) in [6, 6.07) is 9.44. The predicted octanol–water partition coefficient (Wildman–Crippen LogP) is 2.08. The summed E-state index contributed by atoms with van der Waals surface area (Å²) in [7, 11) is 1.58. The SMILES string of the molecule is Cc1oc2ncn(C)c(=O)c2c1C(=O)NCC1(C(O)c2ccccc2)CC1. The maximum absolute atomic E-state index is 12.8. The Morgan fingerprint density at radius 2 is 2.07 bits per heavy atom. The Hall–Kier alpha value is -2.93. The lowest BCUT2D eigenvalue weighted by Crippen LogP contribution is -2.34. The Bertz CT molecular complexity index is 1060. The van der Waals surface area contributed by atoms with E-state index in [0.717, 1.165) is 18.4 Å². The van der Waals surface area contributed by atoms with Crippen LogP contribution >= 0.6 is 0 Å². The number of aliphatic hydroxyl groups excluding tert-OH is 1. The molecule has 1 unspecified atom stereocenters. The summed E-state index contributed by atoms with van der Waals surface area (Å²) < 4.78 is 6.80. The first-order valence-corrected chi connectivity index (χ1v) is 8.89. The average molecular weight is 367 g/mol. The monoisotopic (exact) mass is 367 g/mol. The number of rotatable bonds is 5. The van der Waals surface area contributed by atoms with Crippen LogP contribution in [0.2, 0.25) is 0 Å². The maximum Gasteiger partial charge on any atom is 0.265 e. The molecule has 2 N–H and O–H groups in total. The molecular formula is C20H21N3O4. The van der Waals surface area contributed by atoms with Crippen LogP contribution < -0.4 is 10.9 Å². The first-order valence-electron chi connectivity index (χ1n) is 8.89. The molecule has 1 amide bonds. The molecule has 27 heavy (non-hydrogen) atoms. The van der Waals surface area contributed by atoms with Crippen molar-refractivity contribution < 1.29 is 14.3 Å². The Labute approximate surface area is 155 Å². The lowest BCUT2D eigenvalue weighted by Gasteiger charge is -2.23. The Morgan fingerprint density at radius 1 is 1.37 bits per heavy atom. The highest BCUT2D eigenvalue weighted by Crippen LogP contribution is 2.54. The second kappa shape index (κ2) is 6.35. The van der Waals surface area contributed by atoms with Crippen molar-refractivity contribution in [2.75, 3.05) is 6.54 Å². The lowest BCUT2D eigenvalue weighted by atomic mass is 9.92. The topological polar surface area (TPSA) is 97.4 Å². The number of hydrogen-bond donors (Lipinski definition) is 2. The first kappa shape index (κ1) is 17.5. The summed E-state index contributed by atoms with van der Waals surface area (Å²) in [4.78, 5) is 29.3. The van der Waals surface area contributed by atoms with E-state index in [1.165, 1.54) is 10.9 Å². The van der Waals surface area contributed by atoms with Crippen LogP contribution in [0, 0.1) is 12.3 Å². The summed E-state index contributed by atoms with van der Waals surface area (Å²) in [6.07, 6.45) is 2.39. The van der Waals surface area contributed by atoms with Gasteiger partial charge >= 0.3 is 0 Å². The number of amides is 1. The first-order chi connectivity index (χ1) is 12.9. The molecular weight excluding hydrogens is 346 g/mol. The minimum absolute atomic E-state index is 0.159. The number of fused-ring (bicyclic) bond motifs is 1. The molecule has 1 aliphatic carbocycles. The molecule has 0 radical (unpaired) electrons. The molecule has 1 atom stereocenters. The fraction of sp³-hybridized carbons (Fsp3) is 0.350. The van der Waals surface area contributed by atoms with Crippen LogP contribution in [0.3, 0.4) is 0 Å². The number of hydrogen-bond acceptors (Lipinski definition) is 5. The van der Waals surface area contributed by atoms with Gasteiger partial charge in [-0.2, -0.15) is 0 Å². The van der Waals surface area contributed by atoms with E-state index >= 15 is 0 Å². The van der Waals surface area contributed by atoms with Gasteiger partial charge in [0, 0.05) is 19.0 Å². The van der Waals surface area contributed by atoms with Crippen LogP contribution in [-0.4, -0.2) is 27.1 Å². The molecule has 1 aromatic carbocycles. The van der Waals surface area contributed by atoms with E-state index in [1.807, 2.05) is 30.3 Å². The van der Waals surface area contributed by atoms with E-state index < -0.39 is 6.10 Å². The predicted molar refractivity (Wildman–Crippen MR) is 99.4 cm³/mol. The van der Waals surface area contributed by atoms with Gasteiger partial charge in [-0.05, 0) is 25.3 Å². The largest absolute Gasteiger partial charge is 0.442 e. The number of aryl methyl sites for hydroxylation is 2. The van der Waals surface area contributed by atoms with Crippen molar-refractivity contribution in [3.63, 3.8) is 0 Å². The molecule has 2 heterocycles. The number of benzene rings is 1. The molecule has 1 saturated carbocycles. The van der Waals surface area contributed by atoms with E-state index in [-0.39, 0.29) is 33.5 Å². The molecule has 0 saturated heterocycles. The van der Waals surface area contributed by atoms with E-state index in [1.54, 1.807) is 14.0 Å². The van der Waals surface area contributed by atoms with E-state index in [4.69, 9.17) is 4.42 Å². The van der Waals surface area contributed by atoms with Gasteiger partial charge in [0.1, 0.15) is 17.5 Å². The van der Waals surface area contributed by atoms with Crippen molar-refractivity contribution in [2.24, 2.45) is 12.5 Å². The molecule has 3 aromatic rings. The minimum Gasteiger partial charge on any atom is -0.442 e. The van der Waals surface area contributed by atoms with Gasteiger partial charge in [-0.1, -0.05) is 30.3 Å². The Balaban J connectivity index is 1.57. The molecule has 1 aliphatic rings. The number of nitrogens with zero attached hydrogens (tertiary/aromatic N) is 2. The van der Waals surface area contributed by atoms with Crippen LogP contribution in [0.5, 0.6) is 0 Å². The smallest absolute Gasteiger partial charge is 0.265 e. The molecule has 7 heteroatoms. The van der Waals surface area contributed by atoms with Gasteiger partial charge in [0.15, 0.2) is 0 Å². The average Bonchev–Trinajstić information content (AvgIpc) is 3.39. The normalized spacial score (nSPS) is 16.3. The van der Waals surface area contributed by atoms with Crippen LogP contribution in [0.25, 0.3) is 11.1 Å².